The first-order valence-electron chi connectivity index (χ1n) is 9.19. The second kappa shape index (κ2) is 8.57. The molecule has 0 radical (unpaired) electrons. The summed E-state index contributed by atoms with van der Waals surface area (Å²) in [5.74, 6) is 1.25. The number of amides is 1. The van der Waals surface area contributed by atoms with Crippen LogP contribution in [0.1, 0.15) is 31.1 Å². The molecule has 1 aliphatic heterocycles. The summed E-state index contributed by atoms with van der Waals surface area (Å²) in [4.78, 5) is 16.0. The molecule has 2 aromatic rings. The van der Waals surface area contributed by atoms with Crippen LogP contribution in [0.2, 0.25) is 0 Å². The molecule has 1 N–H and O–H groups in total. The smallest absolute Gasteiger partial charge is 0.255 e. The molecule has 3 rings (SSSR count). The number of hydrogen-bond acceptors (Lipinski definition) is 5. The number of carbonyl (C=O) groups excluding carboxylic acids is 1. The van der Waals surface area contributed by atoms with E-state index in [2.05, 4.69) is 31.0 Å². The number of benzene rings is 2. The monoisotopic (exact) mass is 386 g/mol. The Bertz CT molecular complexity index is 806. The third kappa shape index (κ3) is 4.33. The number of nitrogens with zero attached hydrogens (tertiary/aromatic N) is 1. The molecule has 0 spiro atoms. The maximum atomic E-state index is 12.7. The first kappa shape index (κ1) is 19.4. The largest absolute Gasteiger partial charge is 0.486 e. The lowest BCUT2D eigenvalue weighted by Crippen LogP contribution is -2.30. The fourth-order valence-corrected chi connectivity index (χ4v) is 3.74. The number of thioether (sulfide) groups is 1. The molecule has 27 heavy (non-hydrogen) atoms. The summed E-state index contributed by atoms with van der Waals surface area (Å²) >= 11 is 1.56. The summed E-state index contributed by atoms with van der Waals surface area (Å²) in [6, 6.07) is 11.9. The maximum Gasteiger partial charge on any atom is 0.255 e. The number of carbonyl (C=O) groups is 1. The van der Waals surface area contributed by atoms with Crippen molar-refractivity contribution in [3.05, 3.63) is 42.0 Å². The van der Waals surface area contributed by atoms with Gasteiger partial charge in [-0.15, -0.1) is 11.8 Å². The Morgan fingerprint density at radius 2 is 1.78 bits per heavy atom. The molecule has 0 atom stereocenters. The van der Waals surface area contributed by atoms with Crippen LogP contribution in [0.3, 0.4) is 0 Å². The molecule has 0 unspecified atom stereocenters. The second-order valence-corrected chi connectivity index (χ2v) is 7.42. The van der Waals surface area contributed by atoms with Crippen LogP contribution in [-0.4, -0.2) is 38.0 Å². The molecule has 2 aromatic carbocycles. The number of fused-ring (bicyclic) bond motifs is 1. The Kier molecular flexibility index (Phi) is 6.16. The maximum absolute atomic E-state index is 12.7. The number of rotatable bonds is 6. The van der Waals surface area contributed by atoms with Crippen LogP contribution in [0.25, 0.3) is 0 Å². The molecule has 1 amide bonds. The minimum Gasteiger partial charge on any atom is -0.486 e. The van der Waals surface area contributed by atoms with Crippen molar-refractivity contribution in [2.75, 3.05) is 36.2 Å². The number of nitrogens with one attached hydrogen (secondary N) is 1. The van der Waals surface area contributed by atoms with E-state index in [9.17, 15) is 4.79 Å². The fraction of sp³-hybridized carbons (Fsp3) is 0.381. The lowest BCUT2D eigenvalue weighted by atomic mass is 10.1. The molecule has 0 fully saturated rings. The molecular formula is C21H26N2O3S. The Balaban J connectivity index is 1.79. The van der Waals surface area contributed by atoms with Crippen molar-refractivity contribution in [3.63, 3.8) is 0 Å². The van der Waals surface area contributed by atoms with Crippen molar-refractivity contribution in [1.82, 2.24) is 0 Å². The standard InChI is InChI=1S/C21H26N2O3S/c1-5-23(14(2)3)16-8-6-15(7-9-16)21(24)22-17-12-18-19(13-20(17)27-4)26-11-10-25-18/h6-9,12-14H,5,10-11H2,1-4H3,(H,22,24). The van der Waals surface area contributed by atoms with E-state index in [0.29, 0.717) is 30.6 Å². The minimum atomic E-state index is -0.138. The zero-order valence-electron chi connectivity index (χ0n) is 16.2. The van der Waals surface area contributed by atoms with Crippen LogP contribution in [-0.2, 0) is 0 Å². The topological polar surface area (TPSA) is 50.8 Å². The van der Waals surface area contributed by atoms with Gasteiger partial charge >= 0.3 is 0 Å². The summed E-state index contributed by atoms with van der Waals surface area (Å²) in [6.45, 7) is 8.45. The van der Waals surface area contributed by atoms with Gasteiger partial charge in [-0.05, 0) is 57.4 Å². The molecule has 0 aromatic heterocycles. The predicted octanol–water partition coefficient (Wildman–Crippen LogP) is 4.67. The van der Waals surface area contributed by atoms with Gasteiger partial charge in [-0.25, -0.2) is 0 Å². The van der Waals surface area contributed by atoms with Gasteiger partial charge in [0.15, 0.2) is 11.5 Å². The van der Waals surface area contributed by atoms with E-state index in [-0.39, 0.29) is 5.91 Å². The summed E-state index contributed by atoms with van der Waals surface area (Å²) in [5, 5.41) is 3.00. The minimum absolute atomic E-state index is 0.138. The van der Waals surface area contributed by atoms with E-state index in [1.807, 2.05) is 42.7 Å². The lowest BCUT2D eigenvalue weighted by molar-refractivity contribution is 0.102. The molecular weight excluding hydrogens is 360 g/mol. The summed E-state index contributed by atoms with van der Waals surface area (Å²) in [5.41, 5.74) is 2.48. The molecule has 1 aliphatic rings. The van der Waals surface area contributed by atoms with Gasteiger partial charge in [0.05, 0.1) is 5.69 Å². The molecule has 0 saturated carbocycles. The first-order chi connectivity index (χ1) is 13.0. The van der Waals surface area contributed by atoms with Crippen molar-refractivity contribution in [2.45, 2.75) is 31.7 Å². The van der Waals surface area contributed by atoms with Crippen LogP contribution in [0, 0.1) is 0 Å². The number of ether oxygens (including phenoxy) is 2. The van der Waals surface area contributed by atoms with Crippen LogP contribution < -0.4 is 19.7 Å². The van der Waals surface area contributed by atoms with Crippen molar-refractivity contribution in [3.8, 4) is 11.5 Å². The lowest BCUT2D eigenvalue weighted by Gasteiger charge is -2.27. The SMILES string of the molecule is CCN(c1ccc(C(=O)Nc2cc3c(cc2SC)OCCO3)cc1)C(C)C. The van der Waals surface area contributed by atoms with Crippen molar-refractivity contribution >= 4 is 29.0 Å². The van der Waals surface area contributed by atoms with Crippen LogP contribution in [0.5, 0.6) is 11.5 Å². The zero-order valence-corrected chi connectivity index (χ0v) is 17.1. The van der Waals surface area contributed by atoms with Crippen molar-refractivity contribution in [1.29, 1.82) is 0 Å². The van der Waals surface area contributed by atoms with Gasteiger partial charge in [0.1, 0.15) is 13.2 Å². The van der Waals surface area contributed by atoms with Crippen LogP contribution in [0.4, 0.5) is 11.4 Å². The zero-order chi connectivity index (χ0) is 19.4. The summed E-state index contributed by atoms with van der Waals surface area (Å²) in [7, 11) is 0. The highest BCUT2D eigenvalue weighted by atomic mass is 32.2. The molecule has 144 valence electrons. The molecule has 6 heteroatoms. The molecule has 5 nitrogen and oxygen atoms in total. The second-order valence-electron chi connectivity index (χ2n) is 6.58. The van der Waals surface area contributed by atoms with Gasteiger partial charge in [0.25, 0.3) is 5.91 Å². The van der Waals surface area contributed by atoms with Gasteiger partial charge in [-0.1, -0.05) is 0 Å². The highest BCUT2D eigenvalue weighted by Crippen LogP contribution is 2.39. The van der Waals surface area contributed by atoms with E-state index >= 15 is 0 Å². The van der Waals surface area contributed by atoms with Gasteiger partial charge < -0.3 is 19.7 Å². The third-order valence-corrected chi connectivity index (χ3v) is 5.32. The highest BCUT2D eigenvalue weighted by molar-refractivity contribution is 7.98. The average molecular weight is 387 g/mol. The van der Waals surface area contributed by atoms with E-state index in [4.69, 9.17) is 9.47 Å². The van der Waals surface area contributed by atoms with E-state index in [1.54, 1.807) is 11.8 Å². The Labute approximate surface area is 165 Å². The van der Waals surface area contributed by atoms with Gasteiger partial charge in [-0.2, -0.15) is 0 Å². The van der Waals surface area contributed by atoms with Gasteiger partial charge in [0.2, 0.25) is 0 Å². The Hall–Kier alpha value is -2.34. The van der Waals surface area contributed by atoms with E-state index in [0.717, 1.165) is 28.6 Å². The number of anilines is 2. The van der Waals surface area contributed by atoms with Crippen LogP contribution >= 0.6 is 11.8 Å². The quantitative estimate of drug-likeness (QED) is 0.732. The van der Waals surface area contributed by atoms with Gasteiger partial charge in [-0.3, -0.25) is 4.79 Å². The first-order valence-corrected chi connectivity index (χ1v) is 10.4. The van der Waals surface area contributed by atoms with Crippen molar-refractivity contribution < 1.29 is 14.3 Å². The molecule has 0 bridgehead atoms. The Morgan fingerprint density at radius 3 is 2.33 bits per heavy atom. The molecule has 0 aliphatic carbocycles. The number of hydrogen-bond donors (Lipinski definition) is 1. The predicted molar refractivity (Wildman–Crippen MR) is 112 cm³/mol. The third-order valence-electron chi connectivity index (χ3n) is 4.54. The fourth-order valence-electron chi connectivity index (χ4n) is 3.18. The summed E-state index contributed by atoms with van der Waals surface area (Å²) in [6.07, 6.45) is 1.97. The van der Waals surface area contributed by atoms with Gasteiger partial charge in [0, 0.05) is 34.8 Å². The average Bonchev–Trinajstić information content (AvgIpc) is 2.68. The molecule has 1 heterocycles. The van der Waals surface area contributed by atoms with Crippen molar-refractivity contribution in [2.24, 2.45) is 0 Å². The van der Waals surface area contributed by atoms with E-state index < -0.39 is 0 Å². The summed E-state index contributed by atoms with van der Waals surface area (Å²) < 4.78 is 11.3. The normalized spacial score (nSPS) is 12.8. The molecule has 0 saturated heterocycles. The van der Waals surface area contributed by atoms with Crippen LogP contribution in [0.15, 0.2) is 41.3 Å². The highest BCUT2D eigenvalue weighted by Gasteiger charge is 2.18. The Morgan fingerprint density at radius 1 is 1.15 bits per heavy atom. The van der Waals surface area contributed by atoms with E-state index in [1.165, 1.54) is 0 Å².